The summed E-state index contributed by atoms with van der Waals surface area (Å²) in [5.74, 6) is 1.68. The van der Waals surface area contributed by atoms with Crippen LogP contribution in [0.1, 0.15) is 38.6 Å². The molecular weight excluding hydrogens is 410 g/mol. The third kappa shape index (κ3) is 3.85. The highest BCUT2D eigenvalue weighted by atomic mass is 32.2. The number of aromatic nitrogens is 7. The van der Waals surface area contributed by atoms with Crippen molar-refractivity contribution in [3.63, 3.8) is 0 Å². The van der Waals surface area contributed by atoms with E-state index in [1.807, 2.05) is 30.5 Å². The molecule has 3 aromatic heterocycles. The lowest BCUT2D eigenvalue weighted by Gasteiger charge is -2.31. The molecule has 31 heavy (non-hydrogen) atoms. The molecular formula is C22H23N7OS. The van der Waals surface area contributed by atoms with Crippen molar-refractivity contribution in [3.8, 4) is 11.4 Å². The van der Waals surface area contributed by atoms with Crippen molar-refractivity contribution in [1.82, 2.24) is 34.7 Å². The number of nitrogens with zero attached hydrogens (tertiary/aromatic N) is 7. The highest BCUT2D eigenvalue weighted by Gasteiger charge is 2.28. The normalized spacial score (nSPS) is 19.0. The van der Waals surface area contributed by atoms with Crippen LogP contribution in [-0.4, -0.2) is 34.7 Å². The standard InChI is InChI=1S/C22H23N7OS/c1-15-7-2-5-11-19(15)29-20(16-8-6-12-23-13-16)25-26-22(29)31-14-28-21(30)17-9-3-4-10-18(17)24-27-28/h3-4,6,8-10,12-13,15,19H,2,5,7,11,14H2,1H3/t15-,19+/m1/s1. The first-order chi connectivity index (χ1) is 15.2. The average molecular weight is 434 g/mol. The summed E-state index contributed by atoms with van der Waals surface area (Å²) >= 11 is 1.46. The Morgan fingerprint density at radius 3 is 2.77 bits per heavy atom. The highest BCUT2D eigenvalue weighted by molar-refractivity contribution is 7.98. The van der Waals surface area contributed by atoms with Crippen LogP contribution >= 0.6 is 11.8 Å². The van der Waals surface area contributed by atoms with Gasteiger partial charge in [0.2, 0.25) is 0 Å². The zero-order chi connectivity index (χ0) is 21.2. The molecule has 8 nitrogen and oxygen atoms in total. The van der Waals surface area contributed by atoms with Gasteiger partial charge in [0.25, 0.3) is 5.56 Å². The second-order valence-corrected chi connectivity index (χ2v) is 8.84. The number of thioether (sulfide) groups is 1. The Kier molecular flexibility index (Phi) is 5.50. The SMILES string of the molecule is C[C@@H]1CCCC[C@@H]1n1c(SCn2nnc3ccccc3c2=O)nnc1-c1cccnc1. The lowest BCUT2D eigenvalue weighted by Crippen LogP contribution is -2.24. The summed E-state index contributed by atoms with van der Waals surface area (Å²) in [6.07, 6.45) is 8.31. The van der Waals surface area contributed by atoms with Crippen molar-refractivity contribution in [1.29, 1.82) is 0 Å². The minimum Gasteiger partial charge on any atom is -0.299 e. The van der Waals surface area contributed by atoms with Crippen LogP contribution in [0.2, 0.25) is 0 Å². The van der Waals surface area contributed by atoms with Crippen LogP contribution in [0, 0.1) is 5.92 Å². The molecule has 0 spiro atoms. The highest BCUT2D eigenvalue weighted by Crippen LogP contribution is 2.39. The van der Waals surface area contributed by atoms with Gasteiger partial charge in [0.05, 0.1) is 11.3 Å². The first kappa shape index (κ1) is 19.9. The van der Waals surface area contributed by atoms with Gasteiger partial charge in [0.1, 0.15) is 5.52 Å². The van der Waals surface area contributed by atoms with Gasteiger partial charge in [0.15, 0.2) is 11.0 Å². The lowest BCUT2D eigenvalue weighted by atomic mass is 9.85. The Morgan fingerprint density at radius 2 is 1.94 bits per heavy atom. The molecule has 0 radical (unpaired) electrons. The third-order valence-corrected chi connectivity index (χ3v) is 6.84. The molecule has 1 saturated carbocycles. The number of benzene rings is 1. The number of hydrogen-bond acceptors (Lipinski definition) is 7. The van der Waals surface area contributed by atoms with Crippen molar-refractivity contribution in [2.45, 2.75) is 49.7 Å². The van der Waals surface area contributed by atoms with Crippen LogP contribution in [0.4, 0.5) is 0 Å². The first-order valence-corrected chi connectivity index (χ1v) is 11.5. The van der Waals surface area contributed by atoms with Gasteiger partial charge in [-0.3, -0.25) is 14.3 Å². The maximum absolute atomic E-state index is 12.8. The van der Waals surface area contributed by atoms with Crippen molar-refractivity contribution in [3.05, 3.63) is 59.1 Å². The monoisotopic (exact) mass is 433 g/mol. The quantitative estimate of drug-likeness (QED) is 0.440. The number of pyridine rings is 1. The lowest BCUT2D eigenvalue weighted by molar-refractivity contribution is 0.247. The Balaban J connectivity index is 1.50. The molecule has 9 heteroatoms. The average Bonchev–Trinajstić information content (AvgIpc) is 3.23. The molecule has 0 amide bonds. The Labute approximate surface area is 183 Å². The molecule has 1 aromatic carbocycles. The summed E-state index contributed by atoms with van der Waals surface area (Å²) < 4.78 is 3.63. The van der Waals surface area contributed by atoms with Gasteiger partial charge in [-0.15, -0.1) is 15.3 Å². The Hall–Kier alpha value is -3.07. The summed E-state index contributed by atoms with van der Waals surface area (Å²) in [7, 11) is 0. The molecule has 1 aliphatic rings. The van der Waals surface area contributed by atoms with Crippen molar-refractivity contribution < 1.29 is 0 Å². The maximum atomic E-state index is 12.8. The van der Waals surface area contributed by atoms with E-state index in [2.05, 4.69) is 37.0 Å². The van der Waals surface area contributed by atoms with Crippen LogP contribution < -0.4 is 5.56 Å². The molecule has 0 unspecified atom stereocenters. The fourth-order valence-electron chi connectivity index (χ4n) is 4.27. The number of fused-ring (bicyclic) bond motifs is 1. The molecule has 1 aliphatic carbocycles. The molecule has 4 aromatic rings. The van der Waals surface area contributed by atoms with Gasteiger partial charge in [-0.05, 0) is 43.0 Å². The smallest absolute Gasteiger partial charge is 0.278 e. The third-order valence-electron chi connectivity index (χ3n) is 5.93. The topological polar surface area (TPSA) is 91.4 Å². The van der Waals surface area contributed by atoms with E-state index < -0.39 is 0 Å². The zero-order valence-electron chi connectivity index (χ0n) is 17.3. The van der Waals surface area contributed by atoms with Gasteiger partial charge >= 0.3 is 0 Å². The van der Waals surface area contributed by atoms with E-state index in [0.717, 1.165) is 23.0 Å². The molecule has 5 rings (SSSR count). The van der Waals surface area contributed by atoms with Crippen LogP contribution in [-0.2, 0) is 5.88 Å². The number of rotatable bonds is 5. The molecule has 0 saturated heterocycles. The van der Waals surface area contributed by atoms with E-state index >= 15 is 0 Å². The van der Waals surface area contributed by atoms with E-state index in [-0.39, 0.29) is 5.56 Å². The molecule has 0 aliphatic heterocycles. The van der Waals surface area contributed by atoms with E-state index in [4.69, 9.17) is 0 Å². The first-order valence-electron chi connectivity index (χ1n) is 10.5. The van der Waals surface area contributed by atoms with Crippen LogP contribution in [0.3, 0.4) is 0 Å². The second-order valence-electron chi connectivity index (χ2n) is 7.93. The molecule has 2 atom stereocenters. The maximum Gasteiger partial charge on any atom is 0.278 e. The molecule has 0 bridgehead atoms. The Bertz CT molecular complexity index is 1250. The van der Waals surface area contributed by atoms with E-state index in [1.165, 1.54) is 35.7 Å². The van der Waals surface area contributed by atoms with Gasteiger partial charge in [-0.2, -0.15) is 4.68 Å². The summed E-state index contributed by atoms with van der Waals surface area (Å²) in [4.78, 5) is 17.1. The van der Waals surface area contributed by atoms with Crippen molar-refractivity contribution in [2.75, 3.05) is 0 Å². The van der Waals surface area contributed by atoms with E-state index in [9.17, 15) is 4.79 Å². The van der Waals surface area contributed by atoms with Crippen molar-refractivity contribution >= 4 is 22.7 Å². The summed E-state index contributed by atoms with van der Waals surface area (Å²) in [5, 5.41) is 18.6. The van der Waals surface area contributed by atoms with E-state index in [1.54, 1.807) is 18.3 Å². The summed E-state index contributed by atoms with van der Waals surface area (Å²) in [5.41, 5.74) is 1.40. The molecule has 3 heterocycles. The number of hydrogen-bond donors (Lipinski definition) is 0. The zero-order valence-corrected chi connectivity index (χ0v) is 18.1. The largest absolute Gasteiger partial charge is 0.299 e. The van der Waals surface area contributed by atoms with Gasteiger partial charge < -0.3 is 0 Å². The van der Waals surface area contributed by atoms with Gasteiger partial charge in [-0.25, -0.2) is 0 Å². The fraction of sp³-hybridized carbons (Fsp3) is 0.364. The van der Waals surface area contributed by atoms with E-state index in [0.29, 0.717) is 28.7 Å². The van der Waals surface area contributed by atoms with Gasteiger partial charge in [-0.1, -0.05) is 48.9 Å². The van der Waals surface area contributed by atoms with Crippen LogP contribution in [0.25, 0.3) is 22.3 Å². The van der Waals surface area contributed by atoms with Crippen molar-refractivity contribution in [2.24, 2.45) is 5.92 Å². The van der Waals surface area contributed by atoms with Crippen LogP contribution in [0.5, 0.6) is 0 Å². The Morgan fingerprint density at radius 1 is 1.06 bits per heavy atom. The second kappa shape index (κ2) is 8.58. The minimum absolute atomic E-state index is 0.150. The predicted octanol–water partition coefficient (Wildman–Crippen LogP) is 3.95. The molecule has 0 N–H and O–H groups in total. The predicted molar refractivity (Wildman–Crippen MR) is 120 cm³/mol. The van der Waals surface area contributed by atoms with Crippen LogP contribution in [0.15, 0.2) is 58.7 Å². The molecule has 158 valence electrons. The van der Waals surface area contributed by atoms with Gasteiger partial charge in [0, 0.05) is 24.0 Å². The minimum atomic E-state index is -0.150. The summed E-state index contributed by atoms with van der Waals surface area (Å²) in [6, 6.07) is 11.5. The molecule has 1 fully saturated rings. The fourth-order valence-corrected chi connectivity index (χ4v) is 5.14. The summed E-state index contributed by atoms with van der Waals surface area (Å²) in [6.45, 7) is 2.30.